The van der Waals surface area contributed by atoms with E-state index in [-0.39, 0.29) is 31.2 Å². The monoisotopic (exact) mass is 423 g/mol. The topological polar surface area (TPSA) is 94.8 Å². The number of ether oxygens (including phenoxy) is 2. The second kappa shape index (κ2) is 10.4. The first-order valence-electron chi connectivity index (χ1n) is 10.1. The van der Waals surface area contributed by atoms with Gasteiger partial charge in [-0.2, -0.15) is 0 Å². The third kappa shape index (κ3) is 5.94. The minimum Gasteiger partial charge on any atom is -0.482 e. The Bertz CT molecular complexity index is 1120. The molecule has 7 heteroatoms. The Kier molecular flexibility index (Phi) is 7.43. The average Bonchev–Trinajstić information content (AvgIpc) is 2.77. The van der Waals surface area contributed by atoms with Crippen LogP contribution in [0, 0.1) is 0 Å². The summed E-state index contributed by atoms with van der Waals surface area (Å²) >= 11 is 0. The molecule has 162 valence electrons. The minimum absolute atomic E-state index is 0.0621. The normalized spacial score (nSPS) is 10.8. The Balaban J connectivity index is 1.40. The number of hydrogen-bond donors (Lipinski definition) is 1. The Labute approximate surface area is 180 Å². The molecule has 0 radical (unpaired) electrons. The van der Waals surface area contributed by atoms with Gasteiger partial charge in [0.25, 0.3) is 5.91 Å². The van der Waals surface area contributed by atoms with Gasteiger partial charge in [-0.25, -0.2) is 9.59 Å². The van der Waals surface area contributed by atoms with E-state index in [0.717, 1.165) is 5.56 Å². The fourth-order valence-corrected chi connectivity index (χ4v) is 3.04. The number of para-hydroxylation sites is 2. The molecule has 0 aliphatic rings. The van der Waals surface area contributed by atoms with Gasteiger partial charge in [-0.05, 0) is 36.1 Å². The van der Waals surface area contributed by atoms with E-state index in [1.165, 1.54) is 6.07 Å². The van der Waals surface area contributed by atoms with Gasteiger partial charge in [0.15, 0.2) is 6.61 Å². The summed E-state index contributed by atoms with van der Waals surface area (Å²) in [5.41, 5.74) is 0.694. The summed E-state index contributed by atoms with van der Waals surface area (Å²) in [7, 11) is 0. The van der Waals surface area contributed by atoms with Crippen LogP contribution in [0.5, 0.6) is 5.75 Å². The quantitative estimate of drug-likeness (QED) is 0.321. The summed E-state index contributed by atoms with van der Waals surface area (Å²) in [6.45, 7) is 4.29. The molecule has 0 saturated heterocycles. The van der Waals surface area contributed by atoms with E-state index in [1.807, 2.05) is 24.3 Å². The molecule has 1 amide bonds. The standard InChI is InChI=1S/C24H25NO6/c1-16(2)18-9-4-6-11-21(18)30-15-22(26)29-13-7-12-25-23(27)19-14-17-8-3-5-10-20(17)31-24(19)28/h3-6,8-11,14,16H,7,12-13,15H2,1-2H3,(H,25,27). The smallest absolute Gasteiger partial charge is 0.349 e. The number of rotatable bonds is 9. The zero-order valence-corrected chi connectivity index (χ0v) is 17.6. The molecule has 0 atom stereocenters. The predicted octanol–water partition coefficient (Wildman–Crippen LogP) is 3.66. The Morgan fingerprint density at radius 1 is 1.06 bits per heavy atom. The summed E-state index contributed by atoms with van der Waals surface area (Å²) in [5, 5.41) is 3.30. The highest BCUT2D eigenvalue weighted by Crippen LogP contribution is 2.25. The molecule has 3 aromatic rings. The predicted molar refractivity (Wildman–Crippen MR) is 116 cm³/mol. The maximum Gasteiger partial charge on any atom is 0.349 e. The third-order valence-corrected chi connectivity index (χ3v) is 4.64. The zero-order valence-electron chi connectivity index (χ0n) is 17.6. The van der Waals surface area contributed by atoms with Gasteiger partial charge in [-0.15, -0.1) is 0 Å². The molecule has 0 unspecified atom stereocenters. The molecule has 1 heterocycles. The van der Waals surface area contributed by atoms with Crippen molar-refractivity contribution < 1.29 is 23.5 Å². The van der Waals surface area contributed by atoms with Crippen molar-refractivity contribution in [1.29, 1.82) is 0 Å². The van der Waals surface area contributed by atoms with Crippen molar-refractivity contribution >= 4 is 22.8 Å². The molecule has 1 N–H and O–H groups in total. The lowest BCUT2D eigenvalue weighted by atomic mass is 10.0. The molecular formula is C24H25NO6. The van der Waals surface area contributed by atoms with Crippen LogP contribution in [0.4, 0.5) is 0 Å². The van der Waals surface area contributed by atoms with Crippen LogP contribution in [0.2, 0.25) is 0 Å². The van der Waals surface area contributed by atoms with E-state index in [9.17, 15) is 14.4 Å². The van der Waals surface area contributed by atoms with Crippen molar-refractivity contribution in [1.82, 2.24) is 5.32 Å². The summed E-state index contributed by atoms with van der Waals surface area (Å²) < 4.78 is 15.9. The lowest BCUT2D eigenvalue weighted by Crippen LogP contribution is -2.29. The fourth-order valence-electron chi connectivity index (χ4n) is 3.04. The van der Waals surface area contributed by atoms with Gasteiger partial charge in [0, 0.05) is 11.9 Å². The first-order valence-corrected chi connectivity index (χ1v) is 10.1. The maximum atomic E-state index is 12.3. The number of carbonyl (C=O) groups is 2. The summed E-state index contributed by atoms with van der Waals surface area (Å²) in [6.07, 6.45) is 0.402. The molecule has 7 nitrogen and oxygen atoms in total. The molecular weight excluding hydrogens is 398 g/mol. The molecule has 0 spiro atoms. The number of nitrogens with one attached hydrogen (secondary N) is 1. The van der Waals surface area contributed by atoms with E-state index < -0.39 is 17.5 Å². The van der Waals surface area contributed by atoms with Gasteiger partial charge in [-0.3, -0.25) is 4.79 Å². The lowest BCUT2D eigenvalue weighted by Gasteiger charge is -2.13. The van der Waals surface area contributed by atoms with Crippen LogP contribution in [0.25, 0.3) is 11.0 Å². The van der Waals surface area contributed by atoms with Crippen LogP contribution in [-0.4, -0.2) is 31.6 Å². The van der Waals surface area contributed by atoms with Gasteiger partial charge < -0.3 is 19.2 Å². The Morgan fingerprint density at radius 2 is 1.81 bits per heavy atom. The average molecular weight is 423 g/mol. The number of hydrogen-bond acceptors (Lipinski definition) is 6. The zero-order chi connectivity index (χ0) is 22.2. The first kappa shape index (κ1) is 22.1. The van der Waals surface area contributed by atoms with Crippen LogP contribution < -0.4 is 15.7 Å². The maximum absolute atomic E-state index is 12.3. The molecule has 31 heavy (non-hydrogen) atoms. The summed E-state index contributed by atoms with van der Waals surface area (Å²) in [5.74, 6) is -0.0729. The molecule has 1 aromatic heterocycles. The first-order chi connectivity index (χ1) is 15.0. The van der Waals surface area contributed by atoms with Gasteiger partial charge in [0.1, 0.15) is 16.9 Å². The Hall–Kier alpha value is -3.61. The molecule has 2 aromatic carbocycles. The molecule has 0 bridgehead atoms. The minimum atomic E-state index is -0.693. The second-order valence-corrected chi connectivity index (χ2v) is 7.30. The van der Waals surface area contributed by atoms with Gasteiger partial charge in [-0.1, -0.05) is 50.2 Å². The van der Waals surface area contributed by atoms with E-state index in [2.05, 4.69) is 19.2 Å². The summed E-state index contributed by atoms with van der Waals surface area (Å²) in [4.78, 5) is 36.1. The van der Waals surface area contributed by atoms with Crippen molar-refractivity contribution in [2.24, 2.45) is 0 Å². The fraction of sp³-hybridized carbons (Fsp3) is 0.292. The van der Waals surface area contributed by atoms with Gasteiger partial charge >= 0.3 is 11.6 Å². The highest BCUT2D eigenvalue weighted by atomic mass is 16.6. The number of carbonyl (C=O) groups excluding carboxylic acids is 2. The van der Waals surface area contributed by atoms with E-state index >= 15 is 0 Å². The molecule has 0 saturated carbocycles. The number of fused-ring (bicyclic) bond motifs is 1. The van der Waals surface area contributed by atoms with E-state index in [1.54, 1.807) is 24.3 Å². The highest BCUT2D eigenvalue weighted by Gasteiger charge is 2.13. The largest absolute Gasteiger partial charge is 0.482 e. The van der Waals surface area contributed by atoms with Crippen LogP contribution in [0.3, 0.4) is 0 Å². The second-order valence-electron chi connectivity index (χ2n) is 7.30. The Morgan fingerprint density at radius 3 is 2.61 bits per heavy atom. The number of amides is 1. The molecule has 0 aliphatic carbocycles. The van der Waals surface area contributed by atoms with Gasteiger partial charge in [0.2, 0.25) is 0 Å². The van der Waals surface area contributed by atoms with Crippen molar-refractivity contribution in [3.05, 3.63) is 76.1 Å². The van der Waals surface area contributed by atoms with Crippen molar-refractivity contribution in [2.75, 3.05) is 19.8 Å². The van der Waals surface area contributed by atoms with Crippen molar-refractivity contribution in [3.8, 4) is 5.75 Å². The van der Waals surface area contributed by atoms with Crippen LogP contribution in [-0.2, 0) is 9.53 Å². The molecule has 0 fully saturated rings. The van der Waals surface area contributed by atoms with Gasteiger partial charge in [0.05, 0.1) is 6.61 Å². The van der Waals surface area contributed by atoms with Crippen LogP contribution in [0.1, 0.15) is 42.1 Å². The van der Waals surface area contributed by atoms with Crippen molar-refractivity contribution in [2.45, 2.75) is 26.2 Å². The third-order valence-electron chi connectivity index (χ3n) is 4.64. The van der Waals surface area contributed by atoms with Crippen LogP contribution in [0.15, 0.2) is 63.8 Å². The molecule has 0 aliphatic heterocycles. The van der Waals surface area contributed by atoms with Crippen LogP contribution >= 0.6 is 0 Å². The lowest BCUT2D eigenvalue weighted by molar-refractivity contribution is -0.146. The van der Waals surface area contributed by atoms with Crippen molar-refractivity contribution in [3.63, 3.8) is 0 Å². The number of benzene rings is 2. The SMILES string of the molecule is CC(C)c1ccccc1OCC(=O)OCCCNC(=O)c1cc2ccccc2oc1=O. The molecule has 3 rings (SSSR count). The number of esters is 1. The van der Waals surface area contributed by atoms with E-state index in [4.69, 9.17) is 13.9 Å². The van der Waals surface area contributed by atoms with E-state index in [0.29, 0.717) is 23.1 Å². The highest BCUT2D eigenvalue weighted by molar-refractivity contribution is 5.96. The summed E-state index contributed by atoms with van der Waals surface area (Å²) in [6, 6.07) is 16.0.